The van der Waals surface area contributed by atoms with Crippen LogP contribution in [0.25, 0.3) is 0 Å². The molecule has 2 N–H and O–H groups in total. The van der Waals surface area contributed by atoms with Gasteiger partial charge in [-0.2, -0.15) is 0 Å². The summed E-state index contributed by atoms with van der Waals surface area (Å²) in [4.78, 5) is 12.6. The molecule has 0 saturated carbocycles. The Kier molecular flexibility index (Phi) is 6.34. The van der Waals surface area contributed by atoms with Crippen molar-refractivity contribution in [2.45, 2.75) is 30.1 Å². The predicted molar refractivity (Wildman–Crippen MR) is 116 cm³/mol. The maximum atomic E-state index is 12.9. The Morgan fingerprint density at radius 2 is 1.79 bits per heavy atom. The lowest BCUT2D eigenvalue weighted by Gasteiger charge is -2.11. The maximum absolute atomic E-state index is 12.9. The van der Waals surface area contributed by atoms with Crippen molar-refractivity contribution in [3.8, 4) is 0 Å². The summed E-state index contributed by atoms with van der Waals surface area (Å²) in [6, 6.07) is 11.1. The summed E-state index contributed by atoms with van der Waals surface area (Å²) in [6.07, 6.45) is 10.8. The molecule has 0 unspecified atom stereocenters. The van der Waals surface area contributed by atoms with Gasteiger partial charge in [0.2, 0.25) is 9.84 Å². The fourth-order valence-corrected chi connectivity index (χ4v) is 4.52. The number of nitrogens with one attached hydrogen (secondary N) is 2. The quantitative estimate of drug-likeness (QED) is 0.753. The molecule has 3 rings (SSSR count). The molecule has 2 amide bonds. The molecular weight excluding hydrogens is 384 g/mol. The minimum Gasteiger partial charge on any atom is -0.334 e. The smallest absolute Gasteiger partial charge is 0.319 e. The van der Waals surface area contributed by atoms with Gasteiger partial charge < -0.3 is 10.6 Å². The first-order valence-electron chi connectivity index (χ1n) is 9.36. The van der Waals surface area contributed by atoms with Gasteiger partial charge in [0.05, 0.1) is 9.79 Å². The van der Waals surface area contributed by atoms with E-state index in [1.165, 1.54) is 12.1 Å². The summed E-state index contributed by atoms with van der Waals surface area (Å²) in [5.74, 6) is 0. The van der Waals surface area contributed by atoms with E-state index in [1.807, 2.05) is 43.4 Å². The summed E-state index contributed by atoms with van der Waals surface area (Å²) in [7, 11) is -3.61. The number of allylic oxidation sites excluding steroid dienone is 4. The van der Waals surface area contributed by atoms with Crippen molar-refractivity contribution in [2.24, 2.45) is 0 Å². The van der Waals surface area contributed by atoms with E-state index in [1.54, 1.807) is 31.2 Å². The number of anilines is 1. The summed E-state index contributed by atoms with van der Waals surface area (Å²) in [5, 5.41) is 5.51. The van der Waals surface area contributed by atoms with Gasteiger partial charge in [0, 0.05) is 12.2 Å². The number of sulfone groups is 1. The van der Waals surface area contributed by atoms with Gasteiger partial charge in [0.15, 0.2) is 0 Å². The van der Waals surface area contributed by atoms with Gasteiger partial charge in [0.1, 0.15) is 0 Å². The van der Waals surface area contributed by atoms with Crippen LogP contribution in [0.4, 0.5) is 10.5 Å². The Labute approximate surface area is 171 Å². The van der Waals surface area contributed by atoms with Crippen LogP contribution in [0.3, 0.4) is 0 Å². The molecule has 1 aliphatic carbocycles. The molecule has 150 valence electrons. The number of rotatable bonds is 5. The third-order valence-corrected chi connectivity index (χ3v) is 6.48. The van der Waals surface area contributed by atoms with E-state index in [0.717, 1.165) is 17.6 Å². The molecule has 0 heterocycles. The Morgan fingerprint density at radius 1 is 1.03 bits per heavy atom. The molecular formula is C23H24N2O3S. The van der Waals surface area contributed by atoms with Crippen LogP contribution in [-0.4, -0.2) is 21.0 Å². The summed E-state index contributed by atoms with van der Waals surface area (Å²) >= 11 is 0. The van der Waals surface area contributed by atoms with Crippen LogP contribution in [0, 0.1) is 13.8 Å². The second-order valence-corrected chi connectivity index (χ2v) is 8.83. The largest absolute Gasteiger partial charge is 0.334 e. The first-order chi connectivity index (χ1) is 13.9. The van der Waals surface area contributed by atoms with E-state index in [-0.39, 0.29) is 10.9 Å². The lowest BCUT2D eigenvalue weighted by Crippen LogP contribution is -2.30. The van der Waals surface area contributed by atoms with E-state index in [0.29, 0.717) is 22.7 Å². The Bertz CT molecular complexity index is 1100. The molecule has 0 atom stereocenters. The van der Waals surface area contributed by atoms with Gasteiger partial charge >= 0.3 is 6.03 Å². The summed E-state index contributed by atoms with van der Waals surface area (Å²) < 4.78 is 25.8. The van der Waals surface area contributed by atoms with E-state index in [2.05, 4.69) is 10.6 Å². The lowest BCUT2D eigenvalue weighted by atomic mass is 10.2. The molecule has 1 aliphatic rings. The molecule has 0 bridgehead atoms. The molecule has 2 aromatic carbocycles. The number of benzene rings is 2. The third kappa shape index (κ3) is 5.23. The average molecular weight is 409 g/mol. The lowest BCUT2D eigenvalue weighted by molar-refractivity contribution is 0.253. The Hall–Kier alpha value is -3.12. The zero-order chi connectivity index (χ0) is 20.9. The normalized spacial score (nSPS) is 13.5. The summed E-state index contributed by atoms with van der Waals surface area (Å²) in [6.45, 7) is 4.12. The minimum atomic E-state index is -3.61. The highest BCUT2D eigenvalue weighted by atomic mass is 32.2. The average Bonchev–Trinajstić information content (AvgIpc) is 2.95. The standard InChI is InChI=1S/C23H24N2O3S/c1-17-9-14-22(18(2)15-17)29(27,28)21-12-10-20(11-13-21)25-23(26)24-16-19-7-5-3-4-6-8-19/h3,5-15H,4,16H2,1-2H3,(H2,24,25,26). The summed E-state index contributed by atoms with van der Waals surface area (Å²) in [5.41, 5.74) is 3.25. The SMILES string of the molecule is Cc1ccc(S(=O)(=O)c2ccc(NC(=O)NCC3=CC=CCC=C3)cc2)c(C)c1. The van der Waals surface area contributed by atoms with Crippen LogP contribution >= 0.6 is 0 Å². The van der Waals surface area contributed by atoms with Crippen LogP contribution < -0.4 is 10.6 Å². The van der Waals surface area contributed by atoms with Crippen LogP contribution in [0.5, 0.6) is 0 Å². The molecule has 0 aliphatic heterocycles. The topological polar surface area (TPSA) is 75.3 Å². The fraction of sp³-hybridized carbons (Fsp3) is 0.174. The first-order valence-corrected chi connectivity index (χ1v) is 10.8. The monoisotopic (exact) mass is 408 g/mol. The number of aryl methyl sites for hydroxylation is 2. The van der Waals surface area contributed by atoms with Crippen molar-refractivity contribution in [1.82, 2.24) is 5.32 Å². The minimum absolute atomic E-state index is 0.191. The van der Waals surface area contributed by atoms with E-state index in [4.69, 9.17) is 0 Å². The van der Waals surface area contributed by atoms with Crippen molar-refractivity contribution in [1.29, 1.82) is 0 Å². The van der Waals surface area contributed by atoms with Crippen molar-refractivity contribution < 1.29 is 13.2 Å². The Morgan fingerprint density at radius 3 is 2.52 bits per heavy atom. The molecule has 6 heteroatoms. The number of amides is 2. The second-order valence-electron chi connectivity index (χ2n) is 6.91. The number of hydrogen-bond acceptors (Lipinski definition) is 3. The zero-order valence-corrected chi connectivity index (χ0v) is 17.3. The fourth-order valence-electron chi connectivity index (χ4n) is 3.04. The van der Waals surface area contributed by atoms with Crippen molar-refractivity contribution in [3.63, 3.8) is 0 Å². The molecule has 0 saturated heterocycles. The molecule has 0 spiro atoms. The molecule has 0 fully saturated rings. The highest BCUT2D eigenvalue weighted by Gasteiger charge is 2.19. The van der Waals surface area contributed by atoms with E-state index < -0.39 is 9.84 Å². The van der Waals surface area contributed by atoms with Gasteiger partial charge in [-0.15, -0.1) is 0 Å². The van der Waals surface area contributed by atoms with Gasteiger partial charge in [0.25, 0.3) is 0 Å². The van der Waals surface area contributed by atoms with Crippen molar-refractivity contribution in [2.75, 3.05) is 11.9 Å². The van der Waals surface area contributed by atoms with E-state index >= 15 is 0 Å². The van der Waals surface area contributed by atoms with E-state index in [9.17, 15) is 13.2 Å². The van der Waals surface area contributed by atoms with Gasteiger partial charge in [-0.25, -0.2) is 13.2 Å². The predicted octanol–water partition coefficient (Wildman–Crippen LogP) is 4.70. The van der Waals surface area contributed by atoms with Crippen molar-refractivity contribution in [3.05, 3.63) is 89.5 Å². The van der Waals surface area contributed by atoms with Crippen LogP contribution in [0.15, 0.2) is 88.2 Å². The van der Waals surface area contributed by atoms with Crippen LogP contribution in [0.2, 0.25) is 0 Å². The number of hydrogen-bond donors (Lipinski definition) is 2. The molecule has 5 nitrogen and oxygen atoms in total. The number of carbonyl (C=O) groups excluding carboxylic acids is 1. The second kappa shape index (κ2) is 8.92. The molecule has 29 heavy (non-hydrogen) atoms. The van der Waals surface area contributed by atoms with Gasteiger partial charge in [-0.1, -0.05) is 48.1 Å². The van der Waals surface area contributed by atoms with Gasteiger partial charge in [-0.05, 0) is 61.7 Å². The Balaban J connectivity index is 1.66. The van der Waals surface area contributed by atoms with Crippen molar-refractivity contribution >= 4 is 21.6 Å². The first kappa shape index (κ1) is 20.6. The van der Waals surface area contributed by atoms with Crippen LogP contribution in [0.1, 0.15) is 17.5 Å². The third-order valence-electron chi connectivity index (χ3n) is 4.55. The molecule has 0 radical (unpaired) electrons. The molecule has 2 aromatic rings. The highest BCUT2D eigenvalue weighted by Crippen LogP contribution is 2.25. The molecule has 0 aromatic heterocycles. The van der Waals surface area contributed by atoms with Crippen LogP contribution in [-0.2, 0) is 9.84 Å². The number of carbonyl (C=O) groups is 1. The van der Waals surface area contributed by atoms with Gasteiger partial charge in [-0.3, -0.25) is 0 Å². The number of urea groups is 1. The zero-order valence-electron chi connectivity index (χ0n) is 16.5. The highest BCUT2D eigenvalue weighted by molar-refractivity contribution is 7.91. The maximum Gasteiger partial charge on any atom is 0.319 e.